The number of rotatable bonds is 10. The molecule has 1 aliphatic heterocycles. The van der Waals surface area contributed by atoms with Gasteiger partial charge in [0.1, 0.15) is 5.75 Å². The van der Waals surface area contributed by atoms with E-state index < -0.39 is 5.91 Å². The molecule has 2 N–H and O–H groups in total. The summed E-state index contributed by atoms with van der Waals surface area (Å²) in [5, 5.41) is 8.42. The molecule has 0 aromatic heterocycles. The standard InChI is InChI=1S/C20H26N2O5/c1-2-27-17-10-7-6-9-15(17)13-16-14-19(24)22(20(16)25)12-8-4-3-5-11-18(23)21-26/h6-7,9-10,13,26H,2-5,8,11-12,14H2,1H3,(H,21,23)/b16-13+. The Morgan fingerprint density at radius 1 is 1.22 bits per heavy atom. The average Bonchev–Trinajstić information content (AvgIpc) is 2.93. The minimum atomic E-state index is -0.401. The highest BCUT2D eigenvalue weighted by Crippen LogP contribution is 2.26. The third kappa shape index (κ3) is 5.92. The van der Waals surface area contributed by atoms with Crippen LogP contribution in [0.25, 0.3) is 6.08 Å². The molecule has 0 radical (unpaired) electrons. The van der Waals surface area contributed by atoms with Crippen LogP contribution in [-0.4, -0.2) is 41.0 Å². The number of hydrogen-bond acceptors (Lipinski definition) is 5. The van der Waals surface area contributed by atoms with Gasteiger partial charge < -0.3 is 4.74 Å². The molecule has 1 aromatic rings. The summed E-state index contributed by atoms with van der Waals surface area (Å²) in [7, 11) is 0. The van der Waals surface area contributed by atoms with Gasteiger partial charge in [0, 0.05) is 24.1 Å². The Kier molecular flexibility index (Phi) is 8.00. The molecule has 1 aliphatic rings. The zero-order valence-corrected chi connectivity index (χ0v) is 15.6. The number of imide groups is 1. The van der Waals surface area contributed by atoms with Crippen molar-refractivity contribution in [1.82, 2.24) is 10.4 Å². The van der Waals surface area contributed by atoms with Gasteiger partial charge in [0.2, 0.25) is 11.8 Å². The summed E-state index contributed by atoms with van der Waals surface area (Å²) in [5.41, 5.74) is 2.87. The highest BCUT2D eigenvalue weighted by molar-refractivity contribution is 6.15. The Bertz CT molecular complexity index is 714. The SMILES string of the molecule is CCOc1ccccc1/C=C1\CC(=O)N(CCCCCCC(=O)NO)C1=O. The number of hydroxylamine groups is 1. The van der Waals surface area contributed by atoms with Gasteiger partial charge in [0.05, 0.1) is 13.0 Å². The van der Waals surface area contributed by atoms with Crippen LogP contribution in [0.15, 0.2) is 29.8 Å². The van der Waals surface area contributed by atoms with E-state index in [0.717, 1.165) is 18.4 Å². The summed E-state index contributed by atoms with van der Waals surface area (Å²) in [5.74, 6) is -0.133. The van der Waals surface area contributed by atoms with E-state index in [4.69, 9.17) is 9.94 Å². The van der Waals surface area contributed by atoms with Gasteiger partial charge in [-0.25, -0.2) is 5.48 Å². The molecular formula is C20H26N2O5. The first-order chi connectivity index (χ1) is 13.1. The fraction of sp³-hybridized carbons (Fsp3) is 0.450. The zero-order chi connectivity index (χ0) is 19.6. The highest BCUT2D eigenvalue weighted by Gasteiger charge is 2.33. The van der Waals surface area contributed by atoms with Gasteiger partial charge in [-0.2, -0.15) is 0 Å². The summed E-state index contributed by atoms with van der Waals surface area (Å²) in [6.07, 6.45) is 5.07. The lowest BCUT2D eigenvalue weighted by molar-refractivity contribution is -0.137. The molecule has 0 spiro atoms. The van der Waals surface area contributed by atoms with Crippen LogP contribution >= 0.6 is 0 Å². The molecule has 7 nitrogen and oxygen atoms in total. The molecule has 1 aromatic carbocycles. The Morgan fingerprint density at radius 2 is 1.96 bits per heavy atom. The first-order valence-electron chi connectivity index (χ1n) is 9.26. The maximum Gasteiger partial charge on any atom is 0.256 e. The second-order valence-electron chi connectivity index (χ2n) is 6.37. The van der Waals surface area contributed by atoms with E-state index in [1.807, 2.05) is 31.2 Å². The minimum Gasteiger partial charge on any atom is -0.493 e. The van der Waals surface area contributed by atoms with Gasteiger partial charge in [-0.15, -0.1) is 0 Å². The molecule has 0 atom stereocenters. The number of unbranched alkanes of at least 4 members (excludes halogenated alkanes) is 3. The van der Waals surface area contributed by atoms with E-state index in [-0.39, 0.29) is 24.7 Å². The van der Waals surface area contributed by atoms with E-state index in [0.29, 0.717) is 37.3 Å². The highest BCUT2D eigenvalue weighted by atomic mass is 16.5. The van der Waals surface area contributed by atoms with Gasteiger partial charge in [-0.05, 0) is 31.9 Å². The number of para-hydroxylation sites is 1. The van der Waals surface area contributed by atoms with Crippen molar-refractivity contribution in [2.75, 3.05) is 13.2 Å². The van der Waals surface area contributed by atoms with Crippen LogP contribution in [0, 0.1) is 0 Å². The molecule has 2 rings (SSSR count). The number of nitrogens with one attached hydrogen (secondary N) is 1. The van der Waals surface area contributed by atoms with Crippen molar-refractivity contribution in [3.63, 3.8) is 0 Å². The molecule has 0 bridgehead atoms. The first-order valence-corrected chi connectivity index (χ1v) is 9.26. The molecule has 146 valence electrons. The van der Waals surface area contributed by atoms with Gasteiger partial charge in [0.15, 0.2) is 0 Å². The fourth-order valence-electron chi connectivity index (χ4n) is 3.00. The molecule has 1 saturated heterocycles. The number of ether oxygens (including phenoxy) is 1. The predicted octanol–water partition coefficient (Wildman–Crippen LogP) is 2.68. The largest absolute Gasteiger partial charge is 0.493 e. The minimum absolute atomic E-state index is 0.107. The molecular weight excluding hydrogens is 348 g/mol. The smallest absolute Gasteiger partial charge is 0.256 e. The van der Waals surface area contributed by atoms with Gasteiger partial charge in [-0.3, -0.25) is 24.5 Å². The monoisotopic (exact) mass is 374 g/mol. The molecule has 1 fully saturated rings. The number of benzene rings is 1. The lowest BCUT2D eigenvalue weighted by Crippen LogP contribution is -2.30. The Labute approximate surface area is 159 Å². The van der Waals surface area contributed by atoms with Crippen molar-refractivity contribution in [2.45, 2.75) is 45.4 Å². The van der Waals surface area contributed by atoms with Crippen LogP contribution in [0.1, 0.15) is 51.0 Å². The molecule has 3 amide bonds. The van der Waals surface area contributed by atoms with Crippen molar-refractivity contribution in [3.8, 4) is 5.75 Å². The van der Waals surface area contributed by atoms with Gasteiger partial charge in [-0.1, -0.05) is 31.0 Å². The Hall–Kier alpha value is -2.67. The molecule has 0 saturated carbocycles. The second kappa shape index (κ2) is 10.5. The number of carbonyl (C=O) groups excluding carboxylic acids is 3. The second-order valence-corrected chi connectivity index (χ2v) is 6.37. The van der Waals surface area contributed by atoms with E-state index >= 15 is 0 Å². The topological polar surface area (TPSA) is 95.9 Å². The molecule has 7 heteroatoms. The number of nitrogens with zero attached hydrogens (tertiary/aromatic N) is 1. The molecule has 0 unspecified atom stereocenters. The summed E-state index contributed by atoms with van der Waals surface area (Å²) >= 11 is 0. The maximum atomic E-state index is 12.6. The third-order valence-corrected chi connectivity index (χ3v) is 4.37. The zero-order valence-electron chi connectivity index (χ0n) is 15.6. The van der Waals surface area contributed by atoms with Crippen LogP contribution in [0.2, 0.25) is 0 Å². The number of hydrogen-bond donors (Lipinski definition) is 2. The maximum absolute atomic E-state index is 12.6. The average molecular weight is 374 g/mol. The number of amides is 3. The quantitative estimate of drug-likeness (QED) is 0.216. The number of likely N-dealkylation sites (tertiary alicyclic amines) is 1. The lowest BCUT2D eigenvalue weighted by atomic mass is 10.1. The fourth-order valence-corrected chi connectivity index (χ4v) is 3.00. The molecule has 0 aliphatic carbocycles. The Balaban J connectivity index is 1.88. The van der Waals surface area contributed by atoms with E-state index in [1.165, 1.54) is 4.90 Å². The van der Waals surface area contributed by atoms with E-state index in [2.05, 4.69) is 0 Å². The predicted molar refractivity (Wildman–Crippen MR) is 99.9 cm³/mol. The van der Waals surface area contributed by atoms with Crippen LogP contribution in [-0.2, 0) is 14.4 Å². The number of carbonyl (C=O) groups is 3. The third-order valence-electron chi connectivity index (χ3n) is 4.37. The van der Waals surface area contributed by atoms with Crippen LogP contribution in [0.4, 0.5) is 0 Å². The van der Waals surface area contributed by atoms with Crippen LogP contribution in [0.5, 0.6) is 5.75 Å². The van der Waals surface area contributed by atoms with E-state index in [1.54, 1.807) is 11.6 Å². The lowest BCUT2D eigenvalue weighted by Gasteiger charge is -2.13. The summed E-state index contributed by atoms with van der Waals surface area (Å²) in [6, 6.07) is 7.43. The van der Waals surface area contributed by atoms with Crippen molar-refractivity contribution in [1.29, 1.82) is 0 Å². The molecule has 27 heavy (non-hydrogen) atoms. The van der Waals surface area contributed by atoms with Gasteiger partial charge in [0.25, 0.3) is 5.91 Å². The van der Waals surface area contributed by atoms with Crippen molar-refractivity contribution < 1.29 is 24.3 Å². The Morgan fingerprint density at radius 3 is 2.70 bits per heavy atom. The summed E-state index contributed by atoms with van der Waals surface area (Å²) in [4.78, 5) is 37.0. The van der Waals surface area contributed by atoms with Crippen molar-refractivity contribution in [2.24, 2.45) is 0 Å². The van der Waals surface area contributed by atoms with E-state index in [9.17, 15) is 14.4 Å². The van der Waals surface area contributed by atoms with Gasteiger partial charge >= 0.3 is 0 Å². The van der Waals surface area contributed by atoms with Crippen LogP contribution < -0.4 is 10.2 Å². The first kappa shape index (κ1) is 20.6. The summed E-state index contributed by atoms with van der Waals surface area (Å²) < 4.78 is 5.57. The van der Waals surface area contributed by atoms with Crippen molar-refractivity contribution in [3.05, 3.63) is 35.4 Å². The van der Waals surface area contributed by atoms with Crippen LogP contribution in [0.3, 0.4) is 0 Å². The van der Waals surface area contributed by atoms with Crippen molar-refractivity contribution >= 4 is 23.8 Å². The normalized spacial score (nSPS) is 15.5. The summed E-state index contributed by atoms with van der Waals surface area (Å²) in [6.45, 7) is 2.81. The molecule has 1 heterocycles.